The van der Waals surface area contributed by atoms with Gasteiger partial charge in [0.2, 0.25) is 5.91 Å². The van der Waals surface area contributed by atoms with Crippen LogP contribution in [0.1, 0.15) is 121 Å². The van der Waals surface area contributed by atoms with Crippen molar-refractivity contribution in [2.45, 2.75) is 132 Å². The fraction of sp³-hybridized carbons (Fsp3) is 0.875. The molecule has 3 saturated carbocycles. The molecule has 51 heavy (non-hydrogen) atoms. The summed E-state index contributed by atoms with van der Waals surface area (Å²) in [7, 11) is 2.00. The van der Waals surface area contributed by atoms with Crippen LogP contribution >= 0.6 is 0 Å². The zero-order chi connectivity index (χ0) is 37.5. The van der Waals surface area contributed by atoms with Gasteiger partial charge in [-0.05, 0) is 109 Å². The highest BCUT2D eigenvalue weighted by molar-refractivity contribution is 5.86. The van der Waals surface area contributed by atoms with Crippen LogP contribution < -0.4 is 10.6 Å². The van der Waals surface area contributed by atoms with Gasteiger partial charge in [0.25, 0.3) is 5.95 Å². The number of hydrogen-bond donors (Lipinski definition) is 3. The summed E-state index contributed by atoms with van der Waals surface area (Å²) in [5.74, 6) is 0.348. The minimum atomic E-state index is -0.651. The number of anilines is 1. The van der Waals surface area contributed by atoms with Crippen molar-refractivity contribution >= 4 is 17.8 Å². The topological polar surface area (TPSA) is 140 Å². The monoisotopic (exact) mass is 711 g/mol. The minimum Gasteiger partial charge on any atom is -0.481 e. The Morgan fingerprint density at radius 3 is 2.41 bits per heavy atom. The van der Waals surface area contributed by atoms with E-state index in [1.165, 1.54) is 12.5 Å². The number of carbonyl (C=O) groups excluding carboxylic acids is 1. The zero-order valence-corrected chi connectivity index (χ0v) is 33.4. The molecule has 6 rings (SSSR count). The largest absolute Gasteiger partial charge is 0.481 e. The molecule has 2 heterocycles. The van der Waals surface area contributed by atoms with E-state index in [9.17, 15) is 14.7 Å². The number of allylic oxidation sites excluding steroid dienone is 1. The van der Waals surface area contributed by atoms with E-state index in [2.05, 4.69) is 96.3 Å². The summed E-state index contributed by atoms with van der Waals surface area (Å²) in [5.41, 5.74) is -0.434. The molecule has 1 aromatic rings. The molecule has 0 unspecified atom stereocenters. The number of ether oxygens (including phenoxy) is 2. The van der Waals surface area contributed by atoms with E-state index in [1.54, 1.807) is 4.80 Å². The lowest BCUT2D eigenvalue weighted by Gasteiger charge is -2.71. The van der Waals surface area contributed by atoms with Crippen molar-refractivity contribution in [2.24, 2.45) is 62.6 Å². The second-order valence-electron chi connectivity index (χ2n) is 19.3. The number of rotatable bonds is 10. The second kappa shape index (κ2) is 12.9. The van der Waals surface area contributed by atoms with Gasteiger partial charge >= 0.3 is 5.97 Å². The molecular weight excluding hydrogens is 644 g/mol. The molecule has 1 saturated heterocycles. The van der Waals surface area contributed by atoms with Gasteiger partial charge in [0, 0.05) is 17.9 Å². The van der Waals surface area contributed by atoms with Crippen molar-refractivity contribution in [2.75, 3.05) is 32.2 Å². The Bertz CT molecular complexity index is 1540. The van der Waals surface area contributed by atoms with Crippen LogP contribution in [-0.4, -0.2) is 75.7 Å². The van der Waals surface area contributed by atoms with Gasteiger partial charge in [0.1, 0.15) is 6.04 Å². The van der Waals surface area contributed by atoms with E-state index >= 15 is 0 Å². The number of carboxylic acids is 1. The summed E-state index contributed by atoms with van der Waals surface area (Å²) in [6.45, 7) is 25.9. The number of nitrogens with one attached hydrogen (secondary N) is 2. The molecule has 1 amide bonds. The third-order valence-electron chi connectivity index (χ3n) is 16.4. The van der Waals surface area contributed by atoms with Crippen molar-refractivity contribution < 1.29 is 24.2 Å². The van der Waals surface area contributed by atoms with Gasteiger partial charge in [-0.3, -0.25) is 14.9 Å². The van der Waals surface area contributed by atoms with Crippen LogP contribution in [0, 0.1) is 62.6 Å². The van der Waals surface area contributed by atoms with E-state index in [-0.39, 0.29) is 57.6 Å². The first-order chi connectivity index (χ1) is 23.7. The molecule has 5 aliphatic rings. The molecule has 0 radical (unpaired) electrons. The van der Waals surface area contributed by atoms with Gasteiger partial charge in [-0.15, -0.1) is 5.10 Å². The van der Waals surface area contributed by atoms with Gasteiger partial charge in [0.15, 0.2) is 0 Å². The van der Waals surface area contributed by atoms with Crippen LogP contribution in [0.15, 0.2) is 11.6 Å². The summed E-state index contributed by atoms with van der Waals surface area (Å²) in [5, 5.41) is 30.9. The predicted molar refractivity (Wildman–Crippen MR) is 197 cm³/mol. The number of carboxylic acid groups (broad SMARTS) is 1. The molecule has 2 bridgehead atoms. The molecule has 286 valence electrons. The molecule has 0 aromatic carbocycles. The summed E-state index contributed by atoms with van der Waals surface area (Å²) < 4.78 is 14.1. The van der Waals surface area contributed by atoms with E-state index in [1.807, 2.05) is 7.05 Å². The summed E-state index contributed by atoms with van der Waals surface area (Å²) >= 11 is 0. The van der Waals surface area contributed by atoms with Crippen LogP contribution in [0.3, 0.4) is 0 Å². The number of nitrogens with zero attached hydrogens (tertiary/aromatic N) is 4. The van der Waals surface area contributed by atoms with E-state index in [0.717, 1.165) is 32.1 Å². The van der Waals surface area contributed by atoms with Gasteiger partial charge in [-0.2, -0.15) is 4.80 Å². The van der Waals surface area contributed by atoms with Crippen LogP contribution in [-0.2, 0) is 19.1 Å². The van der Waals surface area contributed by atoms with Crippen molar-refractivity contribution in [3.63, 3.8) is 0 Å². The molecule has 11 heteroatoms. The molecule has 4 fully saturated rings. The van der Waals surface area contributed by atoms with Crippen molar-refractivity contribution in [3.05, 3.63) is 11.6 Å². The van der Waals surface area contributed by atoms with E-state index in [0.29, 0.717) is 44.0 Å². The Morgan fingerprint density at radius 2 is 1.80 bits per heavy atom. The highest BCUT2D eigenvalue weighted by atomic mass is 16.5. The normalized spacial score (nSPS) is 42.2. The Kier molecular flexibility index (Phi) is 9.70. The lowest BCUT2D eigenvalue weighted by Crippen LogP contribution is -2.70. The third kappa shape index (κ3) is 5.55. The van der Waals surface area contributed by atoms with Crippen LogP contribution in [0.2, 0.25) is 0 Å². The number of aromatic nitrogens is 4. The third-order valence-corrected chi connectivity index (χ3v) is 16.4. The summed E-state index contributed by atoms with van der Waals surface area (Å²) in [4.78, 5) is 27.2. The Morgan fingerprint density at radius 1 is 1.10 bits per heavy atom. The number of hydrogen-bond acceptors (Lipinski definition) is 8. The maximum atomic E-state index is 13.6. The molecule has 4 aliphatic carbocycles. The minimum absolute atomic E-state index is 0.163. The first-order valence-electron chi connectivity index (χ1n) is 19.6. The molecule has 11 nitrogen and oxygen atoms in total. The highest BCUT2D eigenvalue weighted by Crippen LogP contribution is 2.75. The van der Waals surface area contributed by atoms with Crippen molar-refractivity contribution in [1.82, 2.24) is 25.5 Å². The van der Waals surface area contributed by atoms with Gasteiger partial charge in [0.05, 0.1) is 31.8 Å². The van der Waals surface area contributed by atoms with Crippen molar-refractivity contribution in [1.29, 1.82) is 0 Å². The van der Waals surface area contributed by atoms with Crippen LogP contribution in [0.4, 0.5) is 5.95 Å². The number of aliphatic carboxylic acids is 1. The fourth-order valence-corrected chi connectivity index (χ4v) is 12.4. The first-order valence-corrected chi connectivity index (χ1v) is 19.6. The Labute approximate surface area is 305 Å². The fourth-order valence-electron chi connectivity index (χ4n) is 12.4. The van der Waals surface area contributed by atoms with Gasteiger partial charge in [-0.25, -0.2) is 0 Å². The van der Waals surface area contributed by atoms with Gasteiger partial charge in [-0.1, -0.05) is 79.1 Å². The zero-order valence-electron chi connectivity index (χ0n) is 33.4. The number of amides is 1. The van der Waals surface area contributed by atoms with Gasteiger partial charge < -0.3 is 19.9 Å². The summed E-state index contributed by atoms with van der Waals surface area (Å²) in [6.07, 6.45) is 7.57. The highest BCUT2D eigenvalue weighted by Gasteiger charge is 2.73. The molecule has 1 aromatic heterocycles. The molecule has 3 N–H and O–H groups in total. The van der Waals surface area contributed by atoms with Crippen LogP contribution in [0.25, 0.3) is 0 Å². The van der Waals surface area contributed by atoms with E-state index in [4.69, 9.17) is 14.6 Å². The maximum Gasteiger partial charge on any atom is 0.307 e. The predicted octanol–water partition coefficient (Wildman–Crippen LogP) is 6.78. The summed E-state index contributed by atoms with van der Waals surface area (Å²) in [6, 6.07) is -0.243. The Hall–Kier alpha value is -2.37. The molecule has 12 atom stereocenters. The second-order valence-corrected chi connectivity index (χ2v) is 19.3. The number of carbonyl (C=O) groups is 2. The van der Waals surface area contributed by atoms with Crippen LogP contribution in [0.5, 0.6) is 0 Å². The quantitative estimate of drug-likeness (QED) is 0.224. The molecule has 0 spiro atoms. The van der Waals surface area contributed by atoms with E-state index < -0.39 is 22.7 Å². The average molecular weight is 711 g/mol. The Balaban J connectivity index is 1.51. The SMILES string of the molecule is CN[C@@](C)(CO[C@H]1[C@H](n2nnc(NC(C)=O)n2)C[C@]2(C)COC[C@@]13C1=CC[C@@]4(C)[C@H](C(=O)O)[C@@](C)([C@H](C)C(C)C)CC[C@]4(C)[C@H]1CC[C@H]23)C(C)C. The van der Waals surface area contributed by atoms with Crippen molar-refractivity contribution in [3.8, 4) is 0 Å². The standard InChI is InChI=1S/C40H66N6O5/c1-23(2)25(5)36(8)17-18-37(9)27-13-14-30-35(7)19-29(46-44-34(43-45-46)42-26(6)47)32(51-21-39(11,41-12)24(3)4)40(30,22-50-20-35)28(27)15-16-38(37,10)31(36)33(48)49/h15,23-25,27,29-32,41H,13-14,16-22H2,1-12H3,(H,48,49)(H,42,44,47)/t25-,27+,29-,30-,31-,32+,35-,36-,37-,38+,39+,40+/m1/s1. The number of fused-ring (bicyclic) bond motifs is 3. The lowest BCUT2D eigenvalue weighted by molar-refractivity contribution is -0.256. The number of likely N-dealkylation sites (N-methyl/N-ethyl adjacent to an activating group) is 1. The lowest BCUT2D eigenvalue weighted by atomic mass is 9.34. The first kappa shape index (κ1) is 38.4. The maximum absolute atomic E-state index is 13.6. The molecule has 1 aliphatic heterocycles. The average Bonchev–Trinajstić information content (AvgIpc) is 3.51. The number of tetrazole rings is 1. The smallest absolute Gasteiger partial charge is 0.307 e. The molecular formula is C40H66N6O5.